The summed E-state index contributed by atoms with van der Waals surface area (Å²) >= 11 is 0. The van der Waals surface area contributed by atoms with Crippen molar-refractivity contribution >= 4 is 11.9 Å². The molecule has 7 heteroatoms. The Bertz CT molecular complexity index is 520. The zero-order chi connectivity index (χ0) is 15.4. The summed E-state index contributed by atoms with van der Waals surface area (Å²) in [5.41, 5.74) is 0.739. The normalized spacial score (nSPS) is 16.8. The maximum Gasteiger partial charge on any atom is 0.339 e. The minimum Gasteiger partial charge on any atom is -0.478 e. The number of carbonyl (C=O) groups is 2. The number of rotatable bonds is 5. The van der Waals surface area contributed by atoms with Crippen LogP contribution in [-0.2, 0) is 18.4 Å². The molecule has 0 saturated carbocycles. The maximum absolute atomic E-state index is 12.3. The van der Waals surface area contributed by atoms with Gasteiger partial charge in [0.15, 0.2) is 0 Å². The minimum absolute atomic E-state index is 0.0775. The van der Waals surface area contributed by atoms with Crippen molar-refractivity contribution in [2.45, 2.75) is 38.8 Å². The Morgan fingerprint density at radius 3 is 2.67 bits per heavy atom. The Kier molecular flexibility index (Phi) is 4.95. The predicted molar refractivity (Wildman–Crippen MR) is 76.9 cm³/mol. The summed E-state index contributed by atoms with van der Waals surface area (Å²) in [5, 5.41) is 16.2. The van der Waals surface area contributed by atoms with Crippen LogP contribution in [0.15, 0.2) is 6.20 Å². The zero-order valence-corrected chi connectivity index (χ0v) is 12.5. The molecular weight excluding hydrogens is 272 g/mol. The monoisotopic (exact) mass is 294 g/mol. The molecule has 1 fully saturated rings. The molecule has 21 heavy (non-hydrogen) atoms. The van der Waals surface area contributed by atoms with Crippen LogP contribution in [-0.4, -0.2) is 50.8 Å². The van der Waals surface area contributed by atoms with Gasteiger partial charge in [0, 0.05) is 26.7 Å². The summed E-state index contributed by atoms with van der Waals surface area (Å²) in [6.45, 7) is 3.75. The third-order valence-electron chi connectivity index (χ3n) is 3.91. The first-order valence-corrected chi connectivity index (χ1v) is 7.27. The predicted octanol–water partition coefficient (Wildman–Crippen LogP) is 0.609. The van der Waals surface area contributed by atoms with E-state index in [0.717, 1.165) is 25.9 Å². The number of nitrogens with zero attached hydrogens (tertiary/aromatic N) is 3. The first-order chi connectivity index (χ1) is 10.0. The largest absolute Gasteiger partial charge is 0.478 e. The van der Waals surface area contributed by atoms with E-state index in [2.05, 4.69) is 10.4 Å². The van der Waals surface area contributed by atoms with E-state index in [4.69, 9.17) is 5.11 Å². The Labute approximate surface area is 123 Å². The smallest absolute Gasteiger partial charge is 0.339 e. The molecule has 1 atom stereocenters. The summed E-state index contributed by atoms with van der Waals surface area (Å²) in [6, 6.07) is -0.334. The summed E-state index contributed by atoms with van der Waals surface area (Å²) in [5.74, 6) is -0.927. The molecule has 1 saturated heterocycles. The number of hydrogen-bond acceptors (Lipinski definition) is 4. The molecule has 0 radical (unpaired) electrons. The lowest BCUT2D eigenvalue weighted by molar-refractivity contribution is -0.133. The van der Waals surface area contributed by atoms with Gasteiger partial charge < -0.3 is 15.3 Å². The number of amides is 1. The van der Waals surface area contributed by atoms with E-state index < -0.39 is 5.97 Å². The van der Waals surface area contributed by atoms with Crippen LogP contribution in [0.4, 0.5) is 0 Å². The Morgan fingerprint density at radius 2 is 2.05 bits per heavy atom. The molecule has 1 aliphatic heterocycles. The number of aromatic nitrogens is 2. The van der Waals surface area contributed by atoms with Crippen LogP contribution in [0.2, 0.25) is 0 Å². The number of hydrogen-bond donors (Lipinski definition) is 2. The number of carbonyl (C=O) groups excluding carboxylic acids is 1. The summed E-state index contributed by atoms with van der Waals surface area (Å²) < 4.78 is 1.52. The minimum atomic E-state index is -1.00. The highest BCUT2D eigenvalue weighted by molar-refractivity contribution is 5.88. The van der Waals surface area contributed by atoms with Crippen molar-refractivity contribution in [2.75, 3.05) is 13.1 Å². The average Bonchev–Trinajstić information content (AvgIpc) is 2.86. The maximum atomic E-state index is 12.3. The second-order valence-corrected chi connectivity index (χ2v) is 5.42. The molecule has 1 unspecified atom stereocenters. The molecule has 1 aromatic rings. The Hall–Kier alpha value is -1.89. The van der Waals surface area contributed by atoms with Gasteiger partial charge in [-0.25, -0.2) is 4.79 Å². The molecule has 0 aliphatic carbocycles. The van der Waals surface area contributed by atoms with Gasteiger partial charge in [-0.2, -0.15) is 5.10 Å². The van der Waals surface area contributed by atoms with Crippen molar-refractivity contribution in [3.63, 3.8) is 0 Å². The van der Waals surface area contributed by atoms with Crippen LogP contribution in [0.1, 0.15) is 42.2 Å². The van der Waals surface area contributed by atoms with Crippen LogP contribution < -0.4 is 5.32 Å². The van der Waals surface area contributed by atoms with Crippen molar-refractivity contribution in [3.05, 3.63) is 17.5 Å². The highest BCUT2D eigenvalue weighted by Gasteiger charge is 2.23. The van der Waals surface area contributed by atoms with Crippen LogP contribution in [0, 0.1) is 0 Å². The lowest BCUT2D eigenvalue weighted by Crippen LogP contribution is -2.46. The van der Waals surface area contributed by atoms with E-state index in [1.54, 1.807) is 7.05 Å². The summed E-state index contributed by atoms with van der Waals surface area (Å²) in [7, 11) is 1.70. The number of aryl methyl sites for hydroxylation is 1. The quantitative estimate of drug-likeness (QED) is 0.831. The van der Waals surface area contributed by atoms with Crippen molar-refractivity contribution in [2.24, 2.45) is 7.05 Å². The third-order valence-corrected chi connectivity index (χ3v) is 3.91. The number of likely N-dealkylation sites (tertiary alicyclic amines) is 1. The molecule has 0 aromatic carbocycles. The van der Waals surface area contributed by atoms with Gasteiger partial charge in [0.2, 0.25) is 5.91 Å². The van der Waals surface area contributed by atoms with Crippen molar-refractivity contribution in [1.82, 2.24) is 20.0 Å². The lowest BCUT2D eigenvalue weighted by Gasteiger charge is -2.29. The third kappa shape index (κ3) is 3.60. The zero-order valence-electron chi connectivity index (χ0n) is 12.5. The van der Waals surface area contributed by atoms with Gasteiger partial charge in [0.05, 0.1) is 17.9 Å². The molecule has 1 aromatic heterocycles. The topological polar surface area (TPSA) is 87.5 Å². The van der Waals surface area contributed by atoms with Crippen LogP contribution in [0.25, 0.3) is 0 Å². The van der Waals surface area contributed by atoms with Crippen molar-refractivity contribution < 1.29 is 14.7 Å². The number of aromatic carboxylic acids is 1. The summed E-state index contributed by atoms with van der Waals surface area (Å²) in [6.07, 6.45) is 4.63. The van der Waals surface area contributed by atoms with E-state index in [0.29, 0.717) is 12.2 Å². The van der Waals surface area contributed by atoms with Gasteiger partial charge in [0.25, 0.3) is 0 Å². The molecule has 0 spiro atoms. The molecule has 1 aliphatic rings. The standard InChI is InChI=1S/C14H22N4O3/c1-10(13(19)18-6-4-3-5-7-18)15-9-12-11(14(20)21)8-16-17(12)2/h8,10,15H,3-7,9H2,1-2H3,(H,20,21). The fourth-order valence-corrected chi connectivity index (χ4v) is 2.58. The van der Waals surface area contributed by atoms with Gasteiger partial charge in [-0.05, 0) is 26.2 Å². The van der Waals surface area contributed by atoms with E-state index >= 15 is 0 Å². The van der Waals surface area contributed by atoms with Crippen LogP contribution in [0.5, 0.6) is 0 Å². The number of nitrogens with one attached hydrogen (secondary N) is 1. The lowest BCUT2D eigenvalue weighted by atomic mass is 10.1. The second kappa shape index (κ2) is 6.71. The Morgan fingerprint density at radius 1 is 1.38 bits per heavy atom. The van der Waals surface area contributed by atoms with Gasteiger partial charge in [-0.15, -0.1) is 0 Å². The molecule has 2 rings (SSSR count). The molecule has 2 heterocycles. The van der Waals surface area contributed by atoms with E-state index in [1.807, 2.05) is 11.8 Å². The summed E-state index contributed by atoms with van der Waals surface area (Å²) in [4.78, 5) is 25.3. The number of carboxylic acid groups (broad SMARTS) is 1. The SMILES string of the molecule is CC(NCc1c(C(=O)O)cnn1C)C(=O)N1CCCCC1. The fraction of sp³-hybridized carbons (Fsp3) is 0.643. The van der Waals surface area contributed by atoms with Crippen LogP contribution >= 0.6 is 0 Å². The Balaban J connectivity index is 1.94. The molecule has 7 nitrogen and oxygen atoms in total. The van der Waals surface area contributed by atoms with Crippen LogP contribution in [0.3, 0.4) is 0 Å². The average molecular weight is 294 g/mol. The number of carboxylic acids is 1. The fourth-order valence-electron chi connectivity index (χ4n) is 2.58. The van der Waals surface area contributed by atoms with Gasteiger partial charge in [-0.1, -0.05) is 0 Å². The molecule has 1 amide bonds. The van der Waals surface area contributed by atoms with E-state index in [9.17, 15) is 9.59 Å². The van der Waals surface area contributed by atoms with Crippen molar-refractivity contribution in [3.8, 4) is 0 Å². The van der Waals surface area contributed by atoms with Crippen molar-refractivity contribution in [1.29, 1.82) is 0 Å². The second-order valence-electron chi connectivity index (χ2n) is 5.42. The van der Waals surface area contributed by atoms with Gasteiger partial charge in [0.1, 0.15) is 5.56 Å². The first-order valence-electron chi connectivity index (χ1n) is 7.27. The highest BCUT2D eigenvalue weighted by atomic mass is 16.4. The van der Waals surface area contributed by atoms with E-state index in [-0.39, 0.29) is 17.5 Å². The molecular formula is C14H22N4O3. The number of piperidine rings is 1. The van der Waals surface area contributed by atoms with E-state index in [1.165, 1.54) is 17.3 Å². The molecule has 0 bridgehead atoms. The van der Waals surface area contributed by atoms with Gasteiger partial charge >= 0.3 is 5.97 Å². The first kappa shape index (κ1) is 15.5. The molecule has 2 N–H and O–H groups in total. The van der Waals surface area contributed by atoms with Gasteiger partial charge in [-0.3, -0.25) is 9.48 Å². The highest BCUT2D eigenvalue weighted by Crippen LogP contribution is 2.11. The molecule has 116 valence electrons.